The Labute approximate surface area is 78.2 Å². The molecular formula is C9H16O4. The molecule has 0 aromatic heterocycles. The third-order valence-electron chi connectivity index (χ3n) is 1.45. The zero-order chi connectivity index (χ0) is 10.1. The second kappa shape index (κ2) is 7.76. The number of aliphatic hydroxyl groups excluding tert-OH is 1. The van der Waals surface area contributed by atoms with E-state index in [0.717, 1.165) is 0 Å². The van der Waals surface area contributed by atoms with Crippen molar-refractivity contribution in [2.45, 2.75) is 13.8 Å². The van der Waals surface area contributed by atoms with E-state index in [1.807, 2.05) is 0 Å². The van der Waals surface area contributed by atoms with E-state index in [4.69, 9.17) is 14.6 Å². The first-order chi connectivity index (χ1) is 6.22. The van der Waals surface area contributed by atoms with Gasteiger partial charge in [-0.2, -0.15) is 0 Å². The minimum Gasteiger partial charge on any atom is -0.460 e. The number of ether oxygens (including phenoxy) is 2. The van der Waals surface area contributed by atoms with Gasteiger partial charge in [-0.05, 0) is 13.8 Å². The van der Waals surface area contributed by atoms with Gasteiger partial charge < -0.3 is 14.6 Å². The minimum atomic E-state index is -0.324. The summed E-state index contributed by atoms with van der Waals surface area (Å²) in [4.78, 5) is 11.0. The zero-order valence-electron chi connectivity index (χ0n) is 8.08. The predicted octanol–water partition coefficient (Wildman–Crippen LogP) is 0.505. The molecule has 13 heavy (non-hydrogen) atoms. The Bertz CT molecular complexity index is 174. The Morgan fingerprint density at radius 3 is 2.62 bits per heavy atom. The van der Waals surface area contributed by atoms with Crippen molar-refractivity contribution in [2.75, 3.05) is 26.4 Å². The molecule has 0 heterocycles. The average Bonchev–Trinajstić information content (AvgIpc) is 2.16. The predicted molar refractivity (Wildman–Crippen MR) is 48.3 cm³/mol. The summed E-state index contributed by atoms with van der Waals surface area (Å²) < 4.78 is 9.73. The number of carbonyl (C=O) groups is 1. The third-order valence-corrected chi connectivity index (χ3v) is 1.45. The van der Waals surface area contributed by atoms with Crippen molar-refractivity contribution in [3.8, 4) is 0 Å². The number of allylic oxidation sites excluding steroid dienone is 1. The molecule has 0 saturated heterocycles. The lowest BCUT2D eigenvalue weighted by Gasteiger charge is -2.04. The summed E-state index contributed by atoms with van der Waals surface area (Å²) in [5, 5.41) is 8.36. The van der Waals surface area contributed by atoms with Gasteiger partial charge in [-0.1, -0.05) is 6.08 Å². The monoisotopic (exact) mass is 188 g/mol. The van der Waals surface area contributed by atoms with Crippen LogP contribution >= 0.6 is 0 Å². The summed E-state index contributed by atoms with van der Waals surface area (Å²) in [6.45, 7) is 4.28. The number of hydrogen-bond acceptors (Lipinski definition) is 4. The molecule has 1 N–H and O–H groups in total. The van der Waals surface area contributed by atoms with Gasteiger partial charge in [0.15, 0.2) is 0 Å². The Morgan fingerprint density at radius 1 is 1.38 bits per heavy atom. The fourth-order valence-electron chi connectivity index (χ4n) is 0.592. The van der Waals surface area contributed by atoms with Crippen molar-refractivity contribution in [1.29, 1.82) is 0 Å². The van der Waals surface area contributed by atoms with E-state index in [1.54, 1.807) is 19.9 Å². The molecule has 4 heteroatoms. The highest BCUT2D eigenvalue weighted by Crippen LogP contribution is 1.95. The fraction of sp³-hybridized carbons (Fsp3) is 0.667. The normalized spacial score (nSPS) is 11.5. The smallest absolute Gasteiger partial charge is 0.333 e. The minimum absolute atomic E-state index is 0.0121. The first-order valence-corrected chi connectivity index (χ1v) is 4.21. The third kappa shape index (κ3) is 6.31. The van der Waals surface area contributed by atoms with Crippen LogP contribution in [0.15, 0.2) is 11.6 Å². The quantitative estimate of drug-likeness (QED) is 0.375. The fourth-order valence-corrected chi connectivity index (χ4v) is 0.592. The van der Waals surface area contributed by atoms with Crippen LogP contribution in [0.5, 0.6) is 0 Å². The molecule has 0 aliphatic carbocycles. The summed E-state index contributed by atoms with van der Waals surface area (Å²) in [6.07, 6.45) is 1.69. The molecule has 0 saturated carbocycles. The van der Waals surface area contributed by atoms with Crippen molar-refractivity contribution in [2.24, 2.45) is 0 Å². The lowest BCUT2D eigenvalue weighted by molar-refractivity contribution is -0.140. The summed E-state index contributed by atoms with van der Waals surface area (Å²) in [6, 6.07) is 0. The Balaban J connectivity index is 3.38. The Morgan fingerprint density at radius 2 is 2.08 bits per heavy atom. The molecule has 0 aromatic rings. The van der Waals surface area contributed by atoms with Crippen LogP contribution in [-0.2, 0) is 14.3 Å². The molecule has 0 aliphatic heterocycles. The second-order valence-electron chi connectivity index (χ2n) is 2.44. The second-order valence-corrected chi connectivity index (χ2v) is 2.44. The first-order valence-electron chi connectivity index (χ1n) is 4.21. The number of aliphatic hydroxyl groups is 1. The van der Waals surface area contributed by atoms with Gasteiger partial charge in [-0.15, -0.1) is 0 Å². The first kappa shape index (κ1) is 12.1. The van der Waals surface area contributed by atoms with Gasteiger partial charge in [-0.3, -0.25) is 0 Å². The average molecular weight is 188 g/mol. The number of esters is 1. The van der Waals surface area contributed by atoms with Crippen LogP contribution in [-0.4, -0.2) is 37.5 Å². The van der Waals surface area contributed by atoms with Crippen LogP contribution in [0.1, 0.15) is 13.8 Å². The SMILES string of the molecule is C/C=C(\C)C(=O)OCCOCCO. The van der Waals surface area contributed by atoms with Gasteiger partial charge in [0.05, 0.1) is 19.8 Å². The molecule has 0 spiro atoms. The van der Waals surface area contributed by atoms with Crippen LogP contribution in [0.3, 0.4) is 0 Å². The Kier molecular flexibility index (Phi) is 7.24. The molecule has 0 amide bonds. The van der Waals surface area contributed by atoms with Crippen LogP contribution in [0.4, 0.5) is 0 Å². The Hall–Kier alpha value is -0.870. The van der Waals surface area contributed by atoms with Gasteiger partial charge in [0.2, 0.25) is 0 Å². The van der Waals surface area contributed by atoms with Crippen LogP contribution in [0.2, 0.25) is 0 Å². The number of carbonyl (C=O) groups excluding carboxylic acids is 1. The van der Waals surface area contributed by atoms with E-state index >= 15 is 0 Å². The van der Waals surface area contributed by atoms with E-state index in [1.165, 1.54) is 0 Å². The van der Waals surface area contributed by atoms with Crippen molar-refractivity contribution < 1.29 is 19.4 Å². The van der Waals surface area contributed by atoms with E-state index in [9.17, 15) is 4.79 Å². The standard InChI is InChI=1S/C9H16O4/c1-3-8(2)9(11)13-7-6-12-5-4-10/h3,10H,4-7H2,1-2H3/b8-3+. The van der Waals surface area contributed by atoms with Crippen LogP contribution in [0, 0.1) is 0 Å². The van der Waals surface area contributed by atoms with Crippen molar-refractivity contribution in [3.05, 3.63) is 11.6 Å². The van der Waals surface area contributed by atoms with E-state index in [0.29, 0.717) is 12.2 Å². The number of rotatable bonds is 6. The van der Waals surface area contributed by atoms with Gasteiger partial charge >= 0.3 is 5.97 Å². The molecule has 0 bridgehead atoms. The molecule has 0 fully saturated rings. The highest BCUT2D eigenvalue weighted by Gasteiger charge is 2.02. The van der Waals surface area contributed by atoms with Crippen molar-refractivity contribution in [3.63, 3.8) is 0 Å². The molecule has 0 atom stereocenters. The highest BCUT2D eigenvalue weighted by atomic mass is 16.6. The lowest BCUT2D eigenvalue weighted by atomic mass is 10.3. The van der Waals surface area contributed by atoms with Gasteiger partial charge in [-0.25, -0.2) is 4.79 Å². The zero-order valence-corrected chi connectivity index (χ0v) is 8.08. The number of hydrogen-bond donors (Lipinski definition) is 1. The summed E-state index contributed by atoms with van der Waals surface area (Å²) in [5.41, 5.74) is 0.585. The molecule has 0 aliphatic rings. The molecule has 76 valence electrons. The lowest BCUT2D eigenvalue weighted by Crippen LogP contribution is -2.12. The summed E-state index contributed by atoms with van der Waals surface area (Å²) >= 11 is 0. The van der Waals surface area contributed by atoms with Crippen LogP contribution in [0.25, 0.3) is 0 Å². The summed E-state index contributed by atoms with van der Waals surface area (Å²) in [7, 11) is 0. The maximum atomic E-state index is 11.0. The van der Waals surface area contributed by atoms with Gasteiger partial charge in [0, 0.05) is 5.57 Å². The van der Waals surface area contributed by atoms with Gasteiger partial charge in [0.25, 0.3) is 0 Å². The maximum Gasteiger partial charge on any atom is 0.333 e. The molecule has 0 unspecified atom stereocenters. The maximum absolute atomic E-state index is 11.0. The highest BCUT2D eigenvalue weighted by molar-refractivity contribution is 5.87. The van der Waals surface area contributed by atoms with E-state index in [2.05, 4.69) is 0 Å². The van der Waals surface area contributed by atoms with E-state index in [-0.39, 0.29) is 25.8 Å². The molecular weight excluding hydrogens is 172 g/mol. The molecule has 0 aromatic carbocycles. The molecule has 4 nitrogen and oxygen atoms in total. The summed E-state index contributed by atoms with van der Waals surface area (Å²) in [5.74, 6) is -0.324. The van der Waals surface area contributed by atoms with E-state index < -0.39 is 0 Å². The molecule has 0 rings (SSSR count). The largest absolute Gasteiger partial charge is 0.460 e. The van der Waals surface area contributed by atoms with Crippen molar-refractivity contribution >= 4 is 5.97 Å². The van der Waals surface area contributed by atoms with Crippen molar-refractivity contribution in [1.82, 2.24) is 0 Å². The topological polar surface area (TPSA) is 55.8 Å². The van der Waals surface area contributed by atoms with Crippen LogP contribution < -0.4 is 0 Å². The molecule has 0 radical (unpaired) electrons. The van der Waals surface area contributed by atoms with Gasteiger partial charge in [0.1, 0.15) is 6.61 Å².